The number of aryl methyl sites for hydroxylation is 2. The summed E-state index contributed by atoms with van der Waals surface area (Å²) in [6, 6.07) is 5.76. The third kappa shape index (κ3) is 1.47. The highest BCUT2D eigenvalue weighted by Gasteiger charge is 2.10. The van der Waals surface area contributed by atoms with E-state index in [1.54, 1.807) is 6.92 Å². The van der Waals surface area contributed by atoms with Crippen LogP contribution in [0.25, 0.3) is 21.9 Å². The average molecular weight is 227 g/mol. The van der Waals surface area contributed by atoms with Crippen molar-refractivity contribution >= 4 is 21.9 Å². The number of aromatic nitrogens is 3. The van der Waals surface area contributed by atoms with Crippen LogP contribution in [0, 0.1) is 13.8 Å². The lowest BCUT2D eigenvalue weighted by Crippen LogP contribution is -2.06. The van der Waals surface area contributed by atoms with Crippen molar-refractivity contribution in [2.75, 3.05) is 0 Å². The van der Waals surface area contributed by atoms with Crippen LogP contribution >= 0.6 is 0 Å². The Morgan fingerprint density at radius 1 is 1.12 bits per heavy atom. The first kappa shape index (κ1) is 9.89. The molecule has 17 heavy (non-hydrogen) atoms. The fourth-order valence-corrected chi connectivity index (χ4v) is 1.82. The second-order valence-corrected chi connectivity index (χ2v) is 3.94. The van der Waals surface area contributed by atoms with E-state index in [2.05, 4.69) is 15.2 Å². The Morgan fingerprint density at radius 3 is 2.76 bits per heavy atom. The molecule has 0 fully saturated rings. The largest absolute Gasteiger partial charge is 0.407 e. The van der Waals surface area contributed by atoms with Crippen LogP contribution in [0.15, 0.2) is 27.4 Å². The van der Waals surface area contributed by atoms with Crippen molar-refractivity contribution < 1.29 is 4.42 Å². The SMILES string of the molecule is Cc1ccc2c(c1)nnc1c(=O)oc(C)nc12. The van der Waals surface area contributed by atoms with Gasteiger partial charge in [-0.15, -0.1) is 10.2 Å². The first-order valence-electron chi connectivity index (χ1n) is 5.19. The predicted molar refractivity (Wildman–Crippen MR) is 62.8 cm³/mol. The Balaban J connectivity index is 2.59. The summed E-state index contributed by atoms with van der Waals surface area (Å²) in [6.45, 7) is 3.62. The van der Waals surface area contributed by atoms with Gasteiger partial charge in [0.15, 0.2) is 11.4 Å². The van der Waals surface area contributed by atoms with E-state index in [1.165, 1.54) is 0 Å². The van der Waals surface area contributed by atoms with E-state index in [0.717, 1.165) is 16.5 Å². The van der Waals surface area contributed by atoms with Crippen molar-refractivity contribution in [1.29, 1.82) is 0 Å². The molecule has 84 valence electrons. The van der Waals surface area contributed by atoms with Gasteiger partial charge in [0.25, 0.3) is 0 Å². The highest BCUT2D eigenvalue weighted by Crippen LogP contribution is 2.19. The summed E-state index contributed by atoms with van der Waals surface area (Å²) in [7, 11) is 0. The van der Waals surface area contributed by atoms with Crippen LogP contribution in [0.2, 0.25) is 0 Å². The molecule has 3 aromatic rings. The standard InChI is InChI=1S/C12H9N3O2/c1-6-3-4-8-9(5-6)14-15-11-10(8)13-7(2)17-12(11)16/h3-5H,1-2H3. The molecule has 0 aliphatic heterocycles. The van der Waals surface area contributed by atoms with E-state index < -0.39 is 5.63 Å². The van der Waals surface area contributed by atoms with E-state index in [9.17, 15) is 4.79 Å². The first-order chi connectivity index (χ1) is 8.15. The maximum Gasteiger partial charge on any atom is 0.367 e. The molecule has 0 unspecified atom stereocenters. The topological polar surface area (TPSA) is 68.9 Å². The van der Waals surface area contributed by atoms with Crippen molar-refractivity contribution in [2.24, 2.45) is 0 Å². The van der Waals surface area contributed by atoms with Gasteiger partial charge in [0.05, 0.1) is 5.52 Å². The maximum absolute atomic E-state index is 11.6. The van der Waals surface area contributed by atoms with E-state index in [0.29, 0.717) is 11.4 Å². The van der Waals surface area contributed by atoms with Gasteiger partial charge in [-0.3, -0.25) is 0 Å². The quantitative estimate of drug-likeness (QED) is 0.547. The molecule has 0 aliphatic rings. The molecule has 0 N–H and O–H groups in total. The molecule has 0 saturated heterocycles. The van der Waals surface area contributed by atoms with Crippen LogP contribution in [-0.4, -0.2) is 15.2 Å². The summed E-state index contributed by atoms with van der Waals surface area (Å²) in [4.78, 5) is 15.8. The lowest BCUT2D eigenvalue weighted by Gasteiger charge is -2.01. The molecule has 0 aliphatic carbocycles. The van der Waals surface area contributed by atoms with Gasteiger partial charge in [0.2, 0.25) is 0 Å². The van der Waals surface area contributed by atoms with Crippen molar-refractivity contribution in [3.63, 3.8) is 0 Å². The molecule has 3 rings (SSSR count). The summed E-state index contributed by atoms with van der Waals surface area (Å²) in [5.74, 6) is 0.331. The normalized spacial score (nSPS) is 11.2. The second kappa shape index (κ2) is 3.35. The highest BCUT2D eigenvalue weighted by molar-refractivity contribution is 6.00. The summed E-state index contributed by atoms with van der Waals surface area (Å²) >= 11 is 0. The Labute approximate surface area is 96.1 Å². The molecule has 0 bridgehead atoms. The maximum atomic E-state index is 11.6. The van der Waals surface area contributed by atoms with Gasteiger partial charge in [0, 0.05) is 12.3 Å². The molecule has 2 aromatic heterocycles. The second-order valence-electron chi connectivity index (χ2n) is 3.94. The van der Waals surface area contributed by atoms with Gasteiger partial charge < -0.3 is 4.42 Å². The summed E-state index contributed by atoms with van der Waals surface area (Å²) < 4.78 is 4.89. The fraction of sp³-hybridized carbons (Fsp3) is 0.167. The Kier molecular flexibility index (Phi) is 1.95. The zero-order valence-electron chi connectivity index (χ0n) is 9.39. The lowest BCUT2D eigenvalue weighted by atomic mass is 10.1. The summed E-state index contributed by atoms with van der Waals surface area (Å²) in [5.41, 5.74) is 2.04. The van der Waals surface area contributed by atoms with Crippen LogP contribution in [-0.2, 0) is 0 Å². The molecular formula is C12H9N3O2. The van der Waals surface area contributed by atoms with Crippen LogP contribution < -0.4 is 5.63 Å². The smallest absolute Gasteiger partial charge is 0.367 e. The Bertz CT molecular complexity index is 793. The molecule has 0 amide bonds. The van der Waals surface area contributed by atoms with Gasteiger partial charge >= 0.3 is 5.63 Å². The molecule has 1 aromatic carbocycles. The number of benzene rings is 1. The van der Waals surface area contributed by atoms with Gasteiger partial charge in [-0.05, 0) is 18.6 Å². The van der Waals surface area contributed by atoms with Crippen molar-refractivity contribution in [3.05, 3.63) is 40.1 Å². The number of fused-ring (bicyclic) bond motifs is 3. The Hall–Kier alpha value is -2.30. The molecule has 5 nitrogen and oxygen atoms in total. The number of nitrogens with zero attached hydrogens (tertiary/aromatic N) is 3. The minimum Gasteiger partial charge on any atom is -0.407 e. The fourth-order valence-electron chi connectivity index (χ4n) is 1.82. The Morgan fingerprint density at radius 2 is 1.94 bits per heavy atom. The summed E-state index contributed by atoms with van der Waals surface area (Å²) in [5, 5.41) is 8.70. The molecule has 5 heteroatoms. The van der Waals surface area contributed by atoms with Crippen molar-refractivity contribution in [2.45, 2.75) is 13.8 Å². The minimum absolute atomic E-state index is 0.173. The first-order valence-corrected chi connectivity index (χ1v) is 5.19. The average Bonchev–Trinajstić information content (AvgIpc) is 2.27. The zero-order valence-corrected chi connectivity index (χ0v) is 9.39. The van der Waals surface area contributed by atoms with Crippen LogP contribution in [0.5, 0.6) is 0 Å². The highest BCUT2D eigenvalue weighted by atomic mass is 16.4. The van der Waals surface area contributed by atoms with Crippen molar-refractivity contribution in [3.8, 4) is 0 Å². The van der Waals surface area contributed by atoms with Crippen LogP contribution in [0.4, 0.5) is 0 Å². The molecule has 0 atom stereocenters. The van der Waals surface area contributed by atoms with Gasteiger partial charge in [-0.25, -0.2) is 9.78 Å². The monoisotopic (exact) mass is 227 g/mol. The predicted octanol–water partition coefficient (Wildman–Crippen LogP) is 1.75. The third-order valence-electron chi connectivity index (χ3n) is 2.59. The van der Waals surface area contributed by atoms with E-state index >= 15 is 0 Å². The number of hydrogen-bond acceptors (Lipinski definition) is 5. The minimum atomic E-state index is -0.498. The molecule has 0 radical (unpaired) electrons. The zero-order chi connectivity index (χ0) is 12.0. The molecule has 2 heterocycles. The lowest BCUT2D eigenvalue weighted by molar-refractivity contribution is 0.465. The molecule has 0 saturated carbocycles. The molecular weight excluding hydrogens is 218 g/mol. The molecule has 0 spiro atoms. The van der Waals surface area contributed by atoms with Crippen LogP contribution in [0.3, 0.4) is 0 Å². The van der Waals surface area contributed by atoms with E-state index in [4.69, 9.17) is 4.42 Å². The number of rotatable bonds is 0. The van der Waals surface area contributed by atoms with E-state index in [-0.39, 0.29) is 5.52 Å². The van der Waals surface area contributed by atoms with Gasteiger partial charge in [0.1, 0.15) is 5.52 Å². The van der Waals surface area contributed by atoms with Gasteiger partial charge in [-0.1, -0.05) is 12.1 Å². The van der Waals surface area contributed by atoms with Crippen molar-refractivity contribution in [1.82, 2.24) is 15.2 Å². The number of hydrogen-bond donors (Lipinski definition) is 0. The van der Waals surface area contributed by atoms with Gasteiger partial charge in [-0.2, -0.15) is 0 Å². The van der Waals surface area contributed by atoms with Crippen LogP contribution in [0.1, 0.15) is 11.5 Å². The third-order valence-corrected chi connectivity index (χ3v) is 2.59. The van der Waals surface area contributed by atoms with E-state index in [1.807, 2.05) is 25.1 Å². The summed E-state index contributed by atoms with van der Waals surface area (Å²) in [6.07, 6.45) is 0.